The molecule has 0 bridgehead atoms. The van der Waals surface area contributed by atoms with Crippen molar-refractivity contribution in [2.24, 2.45) is 4.99 Å². The molecule has 0 aromatic carbocycles. The van der Waals surface area contributed by atoms with Crippen molar-refractivity contribution in [1.29, 1.82) is 0 Å². The SMILES string of the molecule is Cc1cc(F)cnc1CNc1ccc(F)c([C@@]2(C)N=C(NC(=O)O)C(C)(C)[SH]3(=O)NCCC[C@H]23)n1. The number of nitrogens with one attached hydrogen (secondary N) is 3. The third kappa shape index (κ3) is 4.29. The molecule has 2 aromatic heterocycles. The lowest BCUT2D eigenvalue weighted by Crippen LogP contribution is -2.70. The van der Waals surface area contributed by atoms with E-state index in [1.54, 1.807) is 27.7 Å². The Labute approximate surface area is 203 Å². The van der Waals surface area contributed by atoms with E-state index in [0.717, 1.165) is 6.20 Å². The van der Waals surface area contributed by atoms with Crippen LogP contribution in [0, 0.1) is 18.6 Å². The van der Waals surface area contributed by atoms with Gasteiger partial charge in [-0.3, -0.25) is 24.2 Å². The number of halogens is 2. The maximum Gasteiger partial charge on any atom is 0.410 e. The number of aryl methyl sites for hydroxylation is 1. The van der Waals surface area contributed by atoms with Gasteiger partial charge in [0.05, 0.1) is 28.4 Å². The number of thiol groups is 1. The van der Waals surface area contributed by atoms with Gasteiger partial charge in [-0.2, -0.15) is 0 Å². The molecule has 4 rings (SSSR count). The third-order valence-corrected chi connectivity index (χ3v) is 11.2. The van der Waals surface area contributed by atoms with Crippen LogP contribution in [-0.4, -0.2) is 47.8 Å². The molecule has 9 nitrogen and oxygen atoms in total. The van der Waals surface area contributed by atoms with E-state index in [2.05, 4.69) is 30.3 Å². The summed E-state index contributed by atoms with van der Waals surface area (Å²) in [5.41, 5.74) is -0.149. The van der Waals surface area contributed by atoms with Gasteiger partial charge in [-0.1, -0.05) is 0 Å². The van der Waals surface area contributed by atoms with Crippen LogP contribution < -0.4 is 15.4 Å². The molecule has 1 fully saturated rings. The highest BCUT2D eigenvalue weighted by Gasteiger charge is 2.58. The molecule has 4 heterocycles. The van der Waals surface area contributed by atoms with Gasteiger partial charge < -0.3 is 10.4 Å². The molecular weight excluding hydrogens is 478 g/mol. The molecule has 2 aromatic rings. The lowest BCUT2D eigenvalue weighted by molar-refractivity contribution is 0.199. The first-order valence-corrected chi connectivity index (χ1v) is 13.1. The summed E-state index contributed by atoms with van der Waals surface area (Å²) >= 11 is 0. The van der Waals surface area contributed by atoms with E-state index in [4.69, 9.17) is 0 Å². The molecule has 35 heavy (non-hydrogen) atoms. The van der Waals surface area contributed by atoms with Crippen LogP contribution in [0.25, 0.3) is 0 Å². The molecule has 2 aliphatic heterocycles. The first-order valence-electron chi connectivity index (χ1n) is 11.4. The average Bonchev–Trinajstić information content (AvgIpc) is 2.78. The number of rotatable bonds is 4. The van der Waals surface area contributed by atoms with Crippen LogP contribution in [0.1, 0.15) is 50.6 Å². The maximum atomic E-state index is 15.3. The number of aliphatic imine (C=N–C) groups is 1. The lowest BCUT2D eigenvalue weighted by Gasteiger charge is -2.56. The van der Waals surface area contributed by atoms with Crippen molar-refractivity contribution in [2.75, 3.05) is 11.9 Å². The van der Waals surface area contributed by atoms with E-state index in [0.29, 0.717) is 36.5 Å². The molecule has 1 amide bonds. The van der Waals surface area contributed by atoms with E-state index in [1.807, 2.05) is 0 Å². The van der Waals surface area contributed by atoms with Gasteiger partial charge in [0.1, 0.15) is 34.5 Å². The Balaban J connectivity index is 1.77. The third-order valence-electron chi connectivity index (χ3n) is 6.98. The van der Waals surface area contributed by atoms with Gasteiger partial charge in [-0.05, 0) is 74.4 Å². The van der Waals surface area contributed by atoms with Crippen molar-refractivity contribution >= 4 is 27.9 Å². The molecule has 0 spiro atoms. The Kier molecular flexibility index (Phi) is 6.39. The quantitative estimate of drug-likeness (QED) is 0.404. The Morgan fingerprint density at radius 3 is 2.74 bits per heavy atom. The van der Waals surface area contributed by atoms with Crippen LogP contribution in [0.5, 0.6) is 0 Å². The van der Waals surface area contributed by atoms with Crippen LogP contribution in [0.4, 0.5) is 19.4 Å². The zero-order valence-corrected chi connectivity index (χ0v) is 20.9. The van der Waals surface area contributed by atoms with E-state index < -0.39 is 43.4 Å². The zero-order chi connectivity index (χ0) is 25.6. The molecule has 0 radical (unpaired) electrons. The van der Waals surface area contributed by atoms with Gasteiger partial charge in [-0.25, -0.2) is 18.6 Å². The maximum absolute atomic E-state index is 15.3. The highest BCUT2D eigenvalue weighted by molar-refractivity contribution is 8.04. The van der Waals surface area contributed by atoms with Crippen molar-refractivity contribution in [3.05, 3.63) is 53.0 Å². The number of aromatic nitrogens is 2. The number of carbonyl (C=O) groups is 1. The Hall–Kier alpha value is -2.99. The summed E-state index contributed by atoms with van der Waals surface area (Å²) in [7, 11) is -3.31. The van der Waals surface area contributed by atoms with E-state index >= 15 is 4.39 Å². The van der Waals surface area contributed by atoms with E-state index in [1.165, 1.54) is 18.2 Å². The summed E-state index contributed by atoms with van der Waals surface area (Å²) in [6, 6.07) is 4.09. The van der Waals surface area contributed by atoms with Crippen LogP contribution in [0.3, 0.4) is 0 Å². The Bertz CT molecular complexity index is 1250. The summed E-state index contributed by atoms with van der Waals surface area (Å²) in [5.74, 6) is -0.730. The predicted octanol–water partition coefficient (Wildman–Crippen LogP) is 3.03. The zero-order valence-electron chi connectivity index (χ0n) is 20.0. The molecule has 0 saturated carbocycles. The number of hydrogen-bond donors (Lipinski definition) is 5. The van der Waals surface area contributed by atoms with E-state index in [-0.39, 0.29) is 18.1 Å². The second-order valence-corrected chi connectivity index (χ2v) is 13.0. The monoisotopic (exact) mass is 508 g/mol. The van der Waals surface area contributed by atoms with Crippen molar-refractivity contribution in [3.63, 3.8) is 0 Å². The number of carboxylic acid groups (broad SMARTS) is 1. The molecule has 12 heteroatoms. The second kappa shape index (κ2) is 8.90. The largest absolute Gasteiger partial charge is 0.465 e. The van der Waals surface area contributed by atoms with Gasteiger partial charge in [0.15, 0.2) is 0 Å². The minimum atomic E-state index is -3.31. The highest BCUT2D eigenvalue weighted by atomic mass is 32.3. The van der Waals surface area contributed by atoms with Gasteiger partial charge in [-0.15, -0.1) is 0 Å². The highest BCUT2D eigenvalue weighted by Crippen LogP contribution is 2.48. The minimum absolute atomic E-state index is 0.00665. The second-order valence-electron chi connectivity index (χ2n) is 9.62. The number of pyridine rings is 2. The predicted molar refractivity (Wildman–Crippen MR) is 131 cm³/mol. The van der Waals surface area contributed by atoms with Crippen LogP contribution in [0.2, 0.25) is 0 Å². The number of amidine groups is 1. The molecule has 190 valence electrons. The molecule has 2 aliphatic rings. The number of hydrogen-bond acceptors (Lipinski definition) is 6. The number of fused-ring (bicyclic) bond motifs is 1. The van der Waals surface area contributed by atoms with Gasteiger partial charge in [0.2, 0.25) is 0 Å². The number of nitrogens with zero attached hydrogens (tertiary/aromatic N) is 3. The molecule has 2 atom stereocenters. The molecule has 0 aliphatic carbocycles. The minimum Gasteiger partial charge on any atom is -0.465 e. The summed E-state index contributed by atoms with van der Waals surface area (Å²) < 4.78 is 45.1. The summed E-state index contributed by atoms with van der Waals surface area (Å²) in [4.78, 5) is 24.8. The van der Waals surface area contributed by atoms with Crippen molar-refractivity contribution in [3.8, 4) is 0 Å². The first kappa shape index (κ1) is 25.1. The van der Waals surface area contributed by atoms with Crippen molar-refractivity contribution in [1.82, 2.24) is 20.0 Å². The van der Waals surface area contributed by atoms with Crippen LogP contribution >= 0.6 is 0 Å². The fourth-order valence-corrected chi connectivity index (χ4v) is 8.71. The number of amides is 1. The standard InChI is InChI=1S/C23H30F2N6O3S/c1-13-10-14(24)11-26-16(13)12-27-18-8-7-15(25)19(29-18)23(4)17-6-5-9-28-35(17,34)22(2,3)20(31-23)30-21(32)33/h7-8,10-11,17,35H,5-6,9,12H2,1-4H3,(H,27,29)(H,28,34)(H,30,31)(H,32,33)/t17-,23+/m1/s1. The van der Waals surface area contributed by atoms with Gasteiger partial charge in [0.25, 0.3) is 0 Å². The van der Waals surface area contributed by atoms with Crippen molar-refractivity contribution < 1.29 is 22.9 Å². The summed E-state index contributed by atoms with van der Waals surface area (Å²) in [6.07, 6.45) is 1.02. The average molecular weight is 509 g/mol. The Morgan fingerprint density at radius 2 is 2.06 bits per heavy atom. The van der Waals surface area contributed by atoms with Gasteiger partial charge >= 0.3 is 6.09 Å². The molecule has 0 unspecified atom stereocenters. The van der Waals surface area contributed by atoms with Crippen LogP contribution in [0.15, 0.2) is 29.4 Å². The van der Waals surface area contributed by atoms with Crippen LogP contribution in [-0.2, 0) is 22.2 Å². The number of anilines is 1. The van der Waals surface area contributed by atoms with Gasteiger partial charge in [0, 0.05) is 6.54 Å². The smallest absolute Gasteiger partial charge is 0.410 e. The normalized spacial score (nSPS) is 25.7. The molecule has 1 saturated heterocycles. The molecular formula is C23H30F2N6O3S. The fraction of sp³-hybridized carbons (Fsp3) is 0.478. The fourth-order valence-electron chi connectivity index (χ4n) is 4.97. The topological polar surface area (TPSA) is 129 Å². The Morgan fingerprint density at radius 1 is 1.31 bits per heavy atom. The van der Waals surface area contributed by atoms with Crippen molar-refractivity contribution in [2.45, 2.75) is 62.6 Å². The summed E-state index contributed by atoms with van der Waals surface area (Å²) in [5, 5.41) is 14.2. The first-order chi connectivity index (χ1) is 16.4. The summed E-state index contributed by atoms with van der Waals surface area (Å²) in [6.45, 7) is 7.50. The lowest BCUT2D eigenvalue weighted by atomic mass is 9.88. The molecule has 4 N–H and O–H groups in total. The van der Waals surface area contributed by atoms with E-state index in [9.17, 15) is 18.5 Å².